The Morgan fingerprint density at radius 2 is 1.86 bits per heavy atom. The second kappa shape index (κ2) is 10.7. The van der Waals surface area contributed by atoms with E-state index in [0.29, 0.717) is 28.0 Å². The summed E-state index contributed by atoms with van der Waals surface area (Å²) in [6.45, 7) is 0. The molecular formula is C27H22ClFN4O3S. The number of hydrogen-bond acceptors (Lipinski definition) is 6. The lowest BCUT2D eigenvalue weighted by Gasteiger charge is -2.23. The molecule has 0 aromatic heterocycles. The molecule has 0 bridgehead atoms. The highest BCUT2D eigenvalue weighted by Crippen LogP contribution is 2.39. The zero-order chi connectivity index (χ0) is 25.9. The molecule has 10 heteroatoms. The van der Waals surface area contributed by atoms with Crippen molar-refractivity contribution in [3.8, 4) is 5.75 Å². The van der Waals surface area contributed by atoms with Crippen molar-refractivity contribution in [2.75, 3.05) is 12.4 Å². The summed E-state index contributed by atoms with van der Waals surface area (Å²) in [4.78, 5) is 29.8. The molecule has 0 unspecified atom stereocenters. The van der Waals surface area contributed by atoms with Gasteiger partial charge < -0.3 is 10.1 Å². The Labute approximate surface area is 222 Å². The van der Waals surface area contributed by atoms with Gasteiger partial charge >= 0.3 is 0 Å². The molecule has 188 valence electrons. The predicted octanol–water partition coefficient (Wildman–Crippen LogP) is 5.67. The van der Waals surface area contributed by atoms with E-state index in [2.05, 4.69) is 10.3 Å². The third-order valence-corrected chi connectivity index (χ3v) is 7.41. The maximum atomic E-state index is 13.5. The molecule has 1 N–H and O–H groups in total. The van der Waals surface area contributed by atoms with Gasteiger partial charge in [-0.15, -0.1) is 0 Å². The molecule has 0 saturated heterocycles. The number of para-hydroxylation sites is 2. The maximum absolute atomic E-state index is 13.5. The van der Waals surface area contributed by atoms with E-state index < -0.39 is 11.2 Å². The first-order valence-corrected chi connectivity index (χ1v) is 12.8. The van der Waals surface area contributed by atoms with E-state index in [1.807, 2.05) is 12.1 Å². The van der Waals surface area contributed by atoms with Crippen molar-refractivity contribution in [1.82, 2.24) is 5.01 Å². The normalized spacial score (nSPS) is 19.0. The topological polar surface area (TPSA) is 83.4 Å². The van der Waals surface area contributed by atoms with Crippen molar-refractivity contribution in [2.45, 2.75) is 24.1 Å². The van der Waals surface area contributed by atoms with Gasteiger partial charge in [-0.3, -0.25) is 9.59 Å². The van der Waals surface area contributed by atoms with Gasteiger partial charge in [0, 0.05) is 17.9 Å². The van der Waals surface area contributed by atoms with Crippen molar-refractivity contribution < 1.29 is 18.7 Å². The van der Waals surface area contributed by atoms with Crippen LogP contribution >= 0.6 is 23.4 Å². The summed E-state index contributed by atoms with van der Waals surface area (Å²) in [5.41, 5.74) is 3.00. The van der Waals surface area contributed by atoms with Gasteiger partial charge in [0.05, 0.1) is 24.6 Å². The van der Waals surface area contributed by atoms with Crippen LogP contribution in [0.3, 0.4) is 0 Å². The predicted molar refractivity (Wildman–Crippen MR) is 144 cm³/mol. The van der Waals surface area contributed by atoms with Crippen LogP contribution in [0.15, 0.2) is 82.9 Å². The molecule has 2 aliphatic heterocycles. The summed E-state index contributed by atoms with van der Waals surface area (Å²) < 4.78 is 18.8. The number of carbonyl (C=O) groups is 2. The second-order valence-electron chi connectivity index (χ2n) is 8.46. The summed E-state index contributed by atoms with van der Waals surface area (Å²) in [6.07, 6.45) is 0.475. The second-order valence-corrected chi connectivity index (χ2v) is 10.1. The molecule has 2 atom stereocenters. The Hall–Kier alpha value is -3.69. The number of benzene rings is 3. The van der Waals surface area contributed by atoms with Crippen LogP contribution in [-0.4, -0.2) is 40.1 Å². The molecule has 3 aromatic rings. The molecule has 2 heterocycles. The number of methoxy groups -OCH3 is 1. The van der Waals surface area contributed by atoms with E-state index in [9.17, 15) is 14.0 Å². The minimum Gasteiger partial charge on any atom is -0.495 e. The number of carbonyl (C=O) groups excluding carboxylic acids is 2. The molecular weight excluding hydrogens is 515 g/mol. The maximum Gasteiger partial charge on any atom is 0.262 e. The lowest BCUT2D eigenvalue weighted by Crippen LogP contribution is -2.25. The van der Waals surface area contributed by atoms with Gasteiger partial charge in [-0.2, -0.15) is 10.1 Å². The van der Waals surface area contributed by atoms with Crippen LogP contribution in [0.4, 0.5) is 10.1 Å². The molecule has 0 aliphatic carbocycles. The van der Waals surface area contributed by atoms with Gasteiger partial charge in [-0.05, 0) is 47.5 Å². The van der Waals surface area contributed by atoms with Crippen molar-refractivity contribution in [3.63, 3.8) is 0 Å². The van der Waals surface area contributed by atoms with Crippen LogP contribution in [0.2, 0.25) is 5.02 Å². The van der Waals surface area contributed by atoms with Crippen molar-refractivity contribution in [2.24, 2.45) is 10.1 Å². The number of nitrogens with zero attached hydrogens (tertiary/aromatic N) is 3. The Balaban J connectivity index is 1.35. The molecule has 2 aliphatic rings. The fraction of sp³-hybridized carbons (Fsp3) is 0.185. The minimum atomic E-state index is -0.680. The van der Waals surface area contributed by atoms with Crippen molar-refractivity contribution in [3.05, 3.63) is 94.8 Å². The number of amidine groups is 1. The molecule has 0 saturated carbocycles. The highest BCUT2D eigenvalue weighted by molar-refractivity contribution is 8.15. The summed E-state index contributed by atoms with van der Waals surface area (Å²) >= 11 is 7.30. The van der Waals surface area contributed by atoms with E-state index in [-0.39, 0.29) is 24.2 Å². The van der Waals surface area contributed by atoms with Gasteiger partial charge in [0.15, 0.2) is 5.17 Å². The van der Waals surface area contributed by atoms with Gasteiger partial charge in [0.1, 0.15) is 16.8 Å². The summed E-state index contributed by atoms with van der Waals surface area (Å²) in [5, 5.41) is 9.62. The zero-order valence-corrected chi connectivity index (χ0v) is 21.3. The fourth-order valence-electron chi connectivity index (χ4n) is 4.17. The molecule has 37 heavy (non-hydrogen) atoms. The van der Waals surface area contributed by atoms with E-state index >= 15 is 0 Å². The first kappa shape index (κ1) is 25.0. The number of aliphatic imine (C=N–C) groups is 1. The van der Waals surface area contributed by atoms with Crippen LogP contribution in [0.1, 0.15) is 30.0 Å². The Morgan fingerprint density at radius 3 is 2.59 bits per heavy atom. The van der Waals surface area contributed by atoms with Crippen LogP contribution in [0.25, 0.3) is 0 Å². The first-order valence-electron chi connectivity index (χ1n) is 11.5. The average Bonchev–Trinajstić information content (AvgIpc) is 3.49. The standard InChI is InChI=1S/C27H22ClFN4O3S/c1-36-23-5-3-2-4-20(23)30-25(34)15-24-26(35)31-27(37-24)33-22(17-6-10-18(28)11-7-17)14-21(32-33)16-8-12-19(29)13-9-16/h2-13,22,24H,14-15H2,1H3,(H,30,34)/t22-,24+/m0/s1. The monoisotopic (exact) mass is 536 g/mol. The van der Waals surface area contributed by atoms with Gasteiger partial charge in [-0.25, -0.2) is 9.40 Å². The number of hydrogen-bond donors (Lipinski definition) is 1. The highest BCUT2D eigenvalue weighted by atomic mass is 35.5. The molecule has 2 amide bonds. The number of anilines is 1. The molecule has 0 radical (unpaired) electrons. The van der Waals surface area contributed by atoms with E-state index in [0.717, 1.165) is 16.8 Å². The Kier molecular flexibility index (Phi) is 7.25. The Bertz CT molecular complexity index is 1400. The summed E-state index contributed by atoms with van der Waals surface area (Å²) in [6, 6.07) is 20.4. The van der Waals surface area contributed by atoms with Crippen LogP contribution in [-0.2, 0) is 9.59 Å². The summed E-state index contributed by atoms with van der Waals surface area (Å²) in [5.74, 6) is -0.513. The number of halogens is 2. The van der Waals surface area contributed by atoms with Gasteiger partial charge in [0.2, 0.25) is 5.91 Å². The third kappa shape index (κ3) is 5.52. The van der Waals surface area contributed by atoms with Crippen molar-refractivity contribution >= 4 is 51.7 Å². The summed E-state index contributed by atoms with van der Waals surface area (Å²) in [7, 11) is 1.52. The van der Waals surface area contributed by atoms with Crippen LogP contribution < -0.4 is 10.1 Å². The number of amides is 2. The number of hydrazone groups is 1. The van der Waals surface area contributed by atoms with Gasteiger partial charge in [-0.1, -0.05) is 59.8 Å². The highest BCUT2D eigenvalue weighted by Gasteiger charge is 2.39. The lowest BCUT2D eigenvalue weighted by atomic mass is 9.99. The van der Waals surface area contributed by atoms with Gasteiger partial charge in [0.25, 0.3) is 5.91 Å². The SMILES string of the molecule is COc1ccccc1NC(=O)C[C@H]1SC(N2N=C(c3ccc(F)cc3)C[C@H]2c2ccc(Cl)cc2)=NC1=O. The first-order chi connectivity index (χ1) is 17.9. The lowest BCUT2D eigenvalue weighted by molar-refractivity contribution is -0.121. The quantitative estimate of drug-likeness (QED) is 0.439. The zero-order valence-electron chi connectivity index (χ0n) is 19.7. The average molecular weight is 537 g/mol. The number of ether oxygens (including phenoxy) is 1. The number of thioether (sulfide) groups is 1. The number of nitrogens with one attached hydrogen (secondary N) is 1. The van der Waals surface area contributed by atoms with E-state index in [1.165, 1.54) is 31.0 Å². The fourth-order valence-corrected chi connectivity index (χ4v) is 5.36. The van der Waals surface area contributed by atoms with Crippen LogP contribution in [0.5, 0.6) is 5.75 Å². The molecule has 5 rings (SSSR count). The molecule has 0 spiro atoms. The molecule has 3 aromatic carbocycles. The van der Waals surface area contributed by atoms with Crippen molar-refractivity contribution in [1.29, 1.82) is 0 Å². The number of rotatable bonds is 6. The van der Waals surface area contributed by atoms with E-state index in [4.69, 9.17) is 21.4 Å². The van der Waals surface area contributed by atoms with Crippen LogP contribution in [0, 0.1) is 5.82 Å². The third-order valence-electron chi connectivity index (χ3n) is 6.02. The minimum absolute atomic E-state index is 0.0530. The molecule has 0 fully saturated rings. The smallest absolute Gasteiger partial charge is 0.262 e. The Morgan fingerprint density at radius 1 is 1.14 bits per heavy atom. The van der Waals surface area contributed by atoms with E-state index in [1.54, 1.807) is 53.5 Å². The largest absolute Gasteiger partial charge is 0.495 e. The molecule has 7 nitrogen and oxygen atoms in total.